The van der Waals surface area contributed by atoms with Gasteiger partial charge < -0.3 is 0 Å². The Bertz CT molecular complexity index is 1100. The van der Waals surface area contributed by atoms with Crippen molar-refractivity contribution in [2.45, 2.75) is 33.4 Å². The fourth-order valence-corrected chi connectivity index (χ4v) is 4.21. The molecule has 0 radical (unpaired) electrons. The molecule has 0 aliphatic rings. The van der Waals surface area contributed by atoms with E-state index in [1.54, 1.807) is 34.2 Å². The van der Waals surface area contributed by atoms with Crippen molar-refractivity contribution in [3.8, 4) is 0 Å². The number of aromatic nitrogens is 4. The van der Waals surface area contributed by atoms with Gasteiger partial charge in [0.2, 0.25) is 0 Å². The van der Waals surface area contributed by atoms with Gasteiger partial charge in [0.25, 0.3) is 5.91 Å². The zero-order valence-electron chi connectivity index (χ0n) is 15.9. The predicted octanol–water partition coefficient (Wildman–Crippen LogP) is 4.32. The van der Waals surface area contributed by atoms with Crippen LogP contribution < -0.4 is 4.90 Å². The van der Waals surface area contributed by atoms with Crippen LogP contribution in [-0.2, 0) is 19.5 Å². The van der Waals surface area contributed by atoms with Crippen molar-refractivity contribution in [1.82, 2.24) is 19.7 Å². The molecular formula is C21H21N5OS. The number of amides is 1. The maximum Gasteiger partial charge on any atom is 0.278 e. The van der Waals surface area contributed by atoms with Gasteiger partial charge in [0, 0.05) is 25.1 Å². The number of aryl methyl sites for hydroxylation is 2. The molecule has 28 heavy (non-hydrogen) atoms. The van der Waals surface area contributed by atoms with Crippen molar-refractivity contribution in [1.29, 1.82) is 0 Å². The third-order valence-corrected chi connectivity index (χ3v) is 5.69. The number of benzene rings is 1. The molecule has 0 aliphatic heterocycles. The average molecular weight is 392 g/mol. The van der Waals surface area contributed by atoms with E-state index in [4.69, 9.17) is 4.98 Å². The maximum atomic E-state index is 13.4. The summed E-state index contributed by atoms with van der Waals surface area (Å²) in [6.45, 7) is 5.13. The van der Waals surface area contributed by atoms with Gasteiger partial charge in [0.05, 0.1) is 16.8 Å². The molecule has 1 aromatic carbocycles. The Hall–Kier alpha value is -3.06. The molecule has 0 bridgehead atoms. The van der Waals surface area contributed by atoms with Crippen molar-refractivity contribution in [3.63, 3.8) is 0 Å². The molecule has 3 aromatic heterocycles. The van der Waals surface area contributed by atoms with E-state index in [-0.39, 0.29) is 5.91 Å². The van der Waals surface area contributed by atoms with Gasteiger partial charge in [0.1, 0.15) is 5.69 Å². The number of carbonyl (C=O) groups excluding carboxylic acids is 1. The van der Waals surface area contributed by atoms with Crippen LogP contribution in [0.15, 0.2) is 55.0 Å². The number of para-hydroxylation sites is 1. The first-order valence-electron chi connectivity index (χ1n) is 9.32. The summed E-state index contributed by atoms with van der Waals surface area (Å²) < 4.78 is 2.80. The number of fused-ring (bicyclic) bond motifs is 1. The monoisotopic (exact) mass is 391 g/mol. The molecule has 6 nitrogen and oxygen atoms in total. The van der Waals surface area contributed by atoms with Crippen LogP contribution in [0.3, 0.4) is 0 Å². The van der Waals surface area contributed by atoms with E-state index in [1.807, 2.05) is 25.1 Å². The second-order valence-corrected chi connectivity index (χ2v) is 7.41. The third-order valence-electron chi connectivity index (χ3n) is 4.65. The van der Waals surface area contributed by atoms with Crippen LogP contribution in [0.25, 0.3) is 10.2 Å². The standard InChI is InChI=1S/C21H21N5OS/c1-3-16-8-5-9-18-19(16)24-21(28-18)25(14-15-7-6-11-22-13-15)20(27)17-10-12-23-26(17)4-2/h5-13H,3-4,14H2,1-2H3. The molecule has 0 saturated heterocycles. The molecule has 0 fully saturated rings. The Balaban J connectivity index is 1.80. The van der Waals surface area contributed by atoms with Gasteiger partial charge in [-0.15, -0.1) is 0 Å². The first-order valence-corrected chi connectivity index (χ1v) is 10.1. The molecule has 1 amide bonds. The fourth-order valence-electron chi connectivity index (χ4n) is 3.20. The molecule has 4 aromatic rings. The van der Waals surface area contributed by atoms with E-state index in [0.717, 1.165) is 22.2 Å². The second-order valence-electron chi connectivity index (χ2n) is 6.40. The van der Waals surface area contributed by atoms with Crippen LogP contribution in [-0.4, -0.2) is 25.7 Å². The van der Waals surface area contributed by atoms with E-state index in [0.29, 0.717) is 23.9 Å². The largest absolute Gasteiger partial charge is 0.278 e. The molecule has 0 aliphatic carbocycles. The SMILES string of the molecule is CCc1cccc2sc(N(Cc3cccnc3)C(=O)c3ccnn3CC)nc12. The quantitative estimate of drug-likeness (QED) is 0.491. The molecule has 0 unspecified atom stereocenters. The topological polar surface area (TPSA) is 63.9 Å². The number of thiazole rings is 1. The smallest absolute Gasteiger partial charge is 0.278 e. The highest BCUT2D eigenvalue weighted by Crippen LogP contribution is 2.32. The third kappa shape index (κ3) is 3.41. The molecule has 0 spiro atoms. The Labute approximate surface area is 167 Å². The molecule has 0 atom stereocenters. The minimum Gasteiger partial charge on any atom is -0.278 e. The molecule has 0 N–H and O–H groups in total. The molecule has 0 saturated carbocycles. The van der Waals surface area contributed by atoms with Gasteiger partial charge in [-0.3, -0.25) is 19.4 Å². The van der Waals surface area contributed by atoms with Crippen molar-refractivity contribution in [2.24, 2.45) is 0 Å². The summed E-state index contributed by atoms with van der Waals surface area (Å²) in [6, 6.07) is 11.8. The van der Waals surface area contributed by atoms with Gasteiger partial charge in [0.15, 0.2) is 5.13 Å². The van der Waals surface area contributed by atoms with Crippen LogP contribution in [0, 0.1) is 0 Å². The highest BCUT2D eigenvalue weighted by molar-refractivity contribution is 7.22. The van der Waals surface area contributed by atoms with Crippen LogP contribution in [0.5, 0.6) is 0 Å². The van der Waals surface area contributed by atoms with Crippen LogP contribution >= 0.6 is 11.3 Å². The zero-order chi connectivity index (χ0) is 19.5. The number of pyridine rings is 1. The number of rotatable bonds is 6. The van der Waals surface area contributed by atoms with Crippen molar-refractivity contribution >= 4 is 32.6 Å². The number of hydrogen-bond acceptors (Lipinski definition) is 5. The number of nitrogens with zero attached hydrogens (tertiary/aromatic N) is 5. The summed E-state index contributed by atoms with van der Waals surface area (Å²) in [7, 11) is 0. The average Bonchev–Trinajstić information content (AvgIpc) is 3.38. The summed E-state index contributed by atoms with van der Waals surface area (Å²) in [5.74, 6) is -0.111. The van der Waals surface area contributed by atoms with Crippen LogP contribution in [0.4, 0.5) is 5.13 Å². The predicted molar refractivity (Wildman–Crippen MR) is 112 cm³/mol. The highest BCUT2D eigenvalue weighted by Gasteiger charge is 2.24. The first kappa shape index (κ1) is 18.3. The summed E-state index contributed by atoms with van der Waals surface area (Å²) in [5.41, 5.74) is 3.67. The van der Waals surface area contributed by atoms with Gasteiger partial charge in [-0.2, -0.15) is 5.10 Å². The van der Waals surface area contributed by atoms with E-state index in [2.05, 4.69) is 29.1 Å². The van der Waals surface area contributed by atoms with Crippen molar-refractivity contribution in [2.75, 3.05) is 4.90 Å². The molecule has 7 heteroatoms. The molecular weight excluding hydrogens is 370 g/mol. The normalized spacial score (nSPS) is 11.1. The van der Waals surface area contributed by atoms with Gasteiger partial charge in [-0.25, -0.2) is 4.98 Å². The minimum atomic E-state index is -0.111. The zero-order valence-corrected chi connectivity index (χ0v) is 16.7. The molecule has 142 valence electrons. The van der Waals surface area contributed by atoms with Crippen LogP contribution in [0.1, 0.15) is 35.5 Å². The summed E-state index contributed by atoms with van der Waals surface area (Å²) in [6.07, 6.45) is 6.07. The Morgan fingerprint density at radius 3 is 2.79 bits per heavy atom. The number of hydrogen-bond donors (Lipinski definition) is 0. The lowest BCUT2D eigenvalue weighted by molar-refractivity contribution is 0.0975. The number of carbonyl (C=O) groups is 1. The Morgan fingerprint density at radius 2 is 2.04 bits per heavy atom. The van der Waals surface area contributed by atoms with Crippen molar-refractivity contribution < 1.29 is 4.79 Å². The van der Waals surface area contributed by atoms with Gasteiger partial charge >= 0.3 is 0 Å². The lowest BCUT2D eigenvalue weighted by Crippen LogP contribution is -2.32. The fraction of sp³-hybridized carbons (Fsp3) is 0.238. The van der Waals surface area contributed by atoms with Gasteiger partial charge in [-0.1, -0.05) is 36.5 Å². The Morgan fingerprint density at radius 1 is 1.14 bits per heavy atom. The van der Waals surface area contributed by atoms with Crippen molar-refractivity contribution in [3.05, 3.63) is 71.8 Å². The number of anilines is 1. The van der Waals surface area contributed by atoms with Gasteiger partial charge in [-0.05, 0) is 42.7 Å². The second kappa shape index (κ2) is 7.90. The first-order chi connectivity index (χ1) is 13.7. The molecule has 4 rings (SSSR count). The summed E-state index contributed by atoms with van der Waals surface area (Å²) in [4.78, 5) is 24.2. The summed E-state index contributed by atoms with van der Waals surface area (Å²) >= 11 is 1.54. The summed E-state index contributed by atoms with van der Waals surface area (Å²) in [5, 5.41) is 4.94. The highest BCUT2D eigenvalue weighted by atomic mass is 32.1. The van der Waals surface area contributed by atoms with E-state index >= 15 is 0 Å². The maximum absolute atomic E-state index is 13.4. The van der Waals surface area contributed by atoms with E-state index < -0.39 is 0 Å². The minimum absolute atomic E-state index is 0.111. The van der Waals surface area contributed by atoms with E-state index in [1.165, 1.54) is 16.9 Å². The van der Waals surface area contributed by atoms with Crippen LogP contribution in [0.2, 0.25) is 0 Å². The Kier molecular flexibility index (Phi) is 5.16. The van der Waals surface area contributed by atoms with E-state index in [9.17, 15) is 4.79 Å². The molecule has 3 heterocycles. The lowest BCUT2D eigenvalue weighted by Gasteiger charge is -2.20. The lowest BCUT2D eigenvalue weighted by atomic mass is 10.1.